The van der Waals surface area contributed by atoms with Crippen molar-refractivity contribution in [2.24, 2.45) is 5.92 Å². The quantitative estimate of drug-likeness (QED) is 0.868. The van der Waals surface area contributed by atoms with Crippen LogP contribution in [0, 0.1) is 11.7 Å². The summed E-state index contributed by atoms with van der Waals surface area (Å²) in [7, 11) is 1.90. The van der Waals surface area contributed by atoms with E-state index in [1.165, 1.54) is 6.07 Å². The number of hydrogen-bond acceptors (Lipinski definition) is 2. The SMILES string of the molecule is CNC[C@@H]1CCCN(C(=O)c2cc(F)c(Cl)cc2Cl)C1. The Hall–Kier alpha value is -0.840. The Kier molecular flexibility index (Phi) is 5.24. The number of nitrogens with one attached hydrogen (secondary N) is 1. The summed E-state index contributed by atoms with van der Waals surface area (Å²) < 4.78 is 13.5. The summed E-state index contributed by atoms with van der Waals surface area (Å²) in [6.07, 6.45) is 2.04. The highest BCUT2D eigenvalue weighted by molar-refractivity contribution is 6.36. The van der Waals surface area contributed by atoms with E-state index in [4.69, 9.17) is 23.2 Å². The number of piperidine rings is 1. The lowest BCUT2D eigenvalue weighted by molar-refractivity contribution is 0.0674. The monoisotopic (exact) mass is 318 g/mol. The maximum Gasteiger partial charge on any atom is 0.255 e. The van der Waals surface area contributed by atoms with Crippen molar-refractivity contribution in [2.45, 2.75) is 12.8 Å². The van der Waals surface area contributed by atoms with Crippen molar-refractivity contribution in [3.05, 3.63) is 33.6 Å². The Morgan fingerprint density at radius 2 is 2.20 bits per heavy atom. The predicted octanol–water partition coefficient (Wildman–Crippen LogP) is 3.20. The molecule has 0 unspecified atom stereocenters. The van der Waals surface area contributed by atoms with E-state index in [0.29, 0.717) is 19.0 Å². The molecule has 1 amide bonds. The zero-order chi connectivity index (χ0) is 14.7. The Labute approximate surface area is 128 Å². The van der Waals surface area contributed by atoms with E-state index < -0.39 is 5.82 Å². The van der Waals surface area contributed by atoms with Gasteiger partial charge in [0, 0.05) is 13.1 Å². The van der Waals surface area contributed by atoms with Crippen LogP contribution in [0.1, 0.15) is 23.2 Å². The van der Waals surface area contributed by atoms with E-state index in [9.17, 15) is 9.18 Å². The lowest BCUT2D eigenvalue weighted by Crippen LogP contribution is -2.42. The molecule has 1 saturated heterocycles. The minimum Gasteiger partial charge on any atom is -0.338 e. The molecule has 0 aromatic heterocycles. The summed E-state index contributed by atoms with van der Waals surface area (Å²) in [4.78, 5) is 14.2. The number of hydrogen-bond donors (Lipinski definition) is 1. The molecule has 3 nitrogen and oxygen atoms in total. The van der Waals surface area contributed by atoms with Crippen LogP contribution in [0.3, 0.4) is 0 Å². The van der Waals surface area contributed by atoms with Crippen LogP contribution in [0.25, 0.3) is 0 Å². The van der Waals surface area contributed by atoms with E-state index in [2.05, 4.69) is 5.32 Å². The lowest BCUT2D eigenvalue weighted by atomic mass is 9.97. The third-order valence-electron chi connectivity index (χ3n) is 3.54. The molecule has 0 radical (unpaired) electrons. The molecule has 110 valence electrons. The number of likely N-dealkylation sites (tertiary alicyclic amines) is 1. The molecule has 0 aliphatic carbocycles. The average Bonchev–Trinajstić information content (AvgIpc) is 2.43. The predicted molar refractivity (Wildman–Crippen MR) is 79.0 cm³/mol. The van der Waals surface area contributed by atoms with Crippen molar-refractivity contribution in [3.8, 4) is 0 Å². The molecule has 0 saturated carbocycles. The fourth-order valence-electron chi connectivity index (χ4n) is 2.56. The molecule has 1 heterocycles. The topological polar surface area (TPSA) is 32.3 Å². The zero-order valence-electron chi connectivity index (χ0n) is 11.3. The molecule has 6 heteroatoms. The number of rotatable bonds is 3. The molecule has 1 N–H and O–H groups in total. The molecule has 1 aromatic rings. The fraction of sp³-hybridized carbons (Fsp3) is 0.500. The zero-order valence-corrected chi connectivity index (χ0v) is 12.8. The highest BCUT2D eigenvalue weighted by atomic mass is 35.5. The first-order chi connectivity index (χ1) is 9.52. The van der Waals surface area contributed by atoms with Gasteiger partial charge in [0.25, 0.3) is 5.91 Å². The lowest BCUT2D eigenvalue weighted by Gasteiger charge is -2.33. The number of halogens is 3. The van der Waals surface area contributed by atoms with Gasteiger partial charge < -0.3 is 10.2 Å². The molecule has 1 fully saturated rings. The third-order valence-corrected chi connectivity index (χ3v) is 4.14. The molecule has 20 heavy (non-hydrogen) atoms. The molecule has 1 aromatic carbocycles. The van der Waals surface area contributed by atoms with E-state index in [-0.39, 0.29) is 21.5 Å². The second kappa shape index (κ2) is 6.74. The average molecular weight is 319 g/mol. The van der Waals surface area contributed by atoms with Crippen molar-refractivity contribution < 1.29 is 9.18 Å². The first-order valence-electron chi connectivity index (χ1n) is 6.61. The maximum atomic E-state index is 13.5. The largest absolute Gasteiger partial charge is 0.338 e. The Balaban J connectivity index is 2.16. The highest BCUT2D eigenvalue weighted by Gasteiger charge is 2.26. The van der Waals surface area contributed by atoms with Crippen molar-refractivity contribution in [1.82, 2.24) is 10.2 Å². The highest BCUT2D eigenvalue weighted by Crippen LogP contribution is 2.27. The summed E-state index contributed by atoms with van der Waals surface area (Å²) in [6, 6.07) is 2.40. The van der Waals surface area contributed by atoms with Crippen LogP contribution in [-0.4, -0.2) is 37.5 Å². The molecular weight excluding hydrogens is 302 g/mol. The van der Waals surface area contributed by atoms with Gasteiger partial charge in [-0.3, -0.25) is 4.79 Å². The second-order valence-electron chi connectivity index (χ2n) is 5.06. The minimum absolute atomic E-state index is 0.0711. The van der Waals surface area contributed by atoms with Crippen molar-refractivity contribution >= 4 is 29.1 Å². The van der Waals surface area contributed by atoms with Crippen LogP contribution in [0.15, 0.2) is 12.1 Å². The van der Waals surface area contributed by atoms with Crippen molar-refractivity contribution in [1.29, 1.82) is 0 Å². The molecule has 1 aliphatic heterocycles. The first kappa shape index (κ1) is 15.5. The summed E-state index contributed by atoms with van der Waals surface area (Å²) in [5, 5.41) is 3.24. The summed E-state index contributed by atoms with van der Waals surface area (Å²) in [5.74, 6) is -0.428. The van der Waals surface area contributed by atoms with Gasteiger partial charge in [-0.15, -0.1) is 0 Å². The standard InChI is InChI=1S/C14H17Cl2FN2O/c1-18-7-9-3-2-4-19(8-9)14(20)10-5-13(17)12(16)6-11(10)15/h5-6,9,18H,2-4,7-8H2,1H3/t9-/m0/s1. The van der Waals surface area contributed by atoms with Crippen LogP contribution < -0.4 is 5.32 Å². The van der Waals surface area contributed by atoms with Crippen LogP contribution in [-0.2, 0) is 0 Å². The van der Waals surface area contributed by atoms with E-state index in [1.54, 1.807) is 4.90 Å². The fourth-order valence-corrected chi connectivity index (χ4v) is 3.03. The number of carbonyl (C=O) groups excluding carboxylic acids is 1. The van der Waals surface area contributed by atoms with Gasteiger partial charge in [-0.2, -0.15) is 0 Å². The summed E-state index contributed by atoms with van der Waals surface area (Å²) >= 11 is 11.7. The molecule has 0 bridgehead atoms. The smallest absolute Gasteiger partial charge is 0.255 e. The van der Waals surface area contributed by atoms with Crippen molar-refractivity contribution in [3.63, 3.8) is 0 Å². The molecular formula is C14H17Cl2FN2O. The third kappa shape index (κ3) is 3.43. The number of benzene rings is 1. The van der Waals surface area contributed by atoms with Crippen LogP contribution in [0.4, 0.5) is 4.39 Å². The normalized spacial score (nSPS) is 19.2. The van der Waals surface area contributed by atoms with E-state index in [1.807, 2.05) is 7.05 Å². The van der Waals surface area contributed by atoms with E-state index in [0.717, 1.165) is 25.5 Å². The van der Waals surface area contributed by atoms with Gasteiger partial charge in [0.1, 0.15) is 5.82 Å². The summed E-state index contributed by atoms with van der Waals surface area (Å²) in [6.45, 7) is 2.21. The molecule has 0 spiro atoms. The number of nitrogens with zero attached hydrogens (tertiary/aromatic N) is 1. The Morgan fingerprint density at radius 1 is 1.45 bits per heavy atom. The number of carbonyl (C=O) groups is 1. The van der Waals surface area contributed by atoms with Crippen LogP contribution in [0.5, 0.6) is 0 Å². The van der Waals surface area contributed by atoms with Gasteiger partial charge in [0.05, 0.1) is 15.6 Å². The van der Waals surface area contributed by atoms with Gasteiger partial charge in [-0.25, -0.2) is 4.39 Å². The molecule has 2 rings (SSSR count). The Bertz CT molecular complexity index is 508. The van der Waals surface area contributed by atoms with Crippen LogP contribution in [0.2, 0.25) is 10.0 Å². The molecule has 1 aliphatic rings. The van der Waals surface area contributed by atoms with Gasteiger partial charge in [-0.05, 0) is 44.5 Å². The van der Waals surface area contributed by atoms with Gasteiger partial charge in [0.2, 0.25) is 0 Å². The molecule has 1 atom stereocenters. The Morgan fingerprint density at radius 3 is 2.90 bits per heavy atom. The van der Waals surface area contributed by atoms with Gasteiger partial charge in [-0.1, -0.05) is 23.2 Å². The maximum absolute atomic E-state index is 13.5. The minimum atomic E-state index is -0.622. The van der Waals surface area contributed by atoms with Crippen LogP contribution >= 0.6 is 23.2 Å². The van der Waals surface area contributed by atoms with Gasteiger partial charge in [0.15, 0.2) is 0 Å². The first-order valence-corrected chi connectivity index (χ1v) is 7.37. The van der Waals surface area contributed by atoms with Crippen molar-refractivity contribution in [2.75, 3.05) is 26.7 Å². The van der Waals surface area contributed by atoms with E-state index >= 15 is 0 Å². The second-order valence-corrected chi connectivity index (χ2v) is 5.88. The summed E-state index contributed by atoms with van der Waals surface area (Å²) in [5.41, 5.74) is 0.179. The number of amides is 1. The van der Waals surface area contributed by atoms with Gasteiger partial charge >= 0.3 is 0 Å².